The van der Waals surface area contributed by atoms with Gasteiger partial charge in [0.15, 0.2) is 0 Å². The Hall–Kier alpha value is -3.41. The number of aromatic nitrogens is 1. The maximum atomic E-state index is 12.6. The van der Waals surface area contributed by atoms with Crippen molar-refractivity contribution in [2.45, 2.75) is 13.0 Å². The van der Waals surface area contributed by atoms with Gasteiger partial charge in [-0.2, -0.15) is 0 Å². The van der Waals surface area contributed by atoms with Gasteiger partial charge in [-0.3, -0.25) is 10.1 Å². The molecule has 2 atom stereocenters. The van der Waals surface area contributed by atoms with Crippen molar-refractivity contribution in [3.05, 3.63) is 71.4 Å². The molecule has 0 bridgehead atoms. The number of cyclic esters (lactones) is 1. The molecule has 6 nitrogen and oxygen atoms in total. The summed E-state index contributed by atoms with van der Waals surface area (Å²) in [5.74, 6) is 1.48. The summed E-state index contributed by atoms with van der Waals surface area (Å²) in [7, 11) is 0. The molecule has 5 rings (SSSR count). The molecule has 2 aromatic rings. The number of carbonyl (C=O) groups is 2. The molecule has 3 aliphatic rings. The molecule has 3 heterocycles. The summed E-state index contributed by atoms with van der Waals surface area (Å²) in [6, 6.07) is 12.4. The van der Waals surface area contributed by atoms with Gasteiger partial charge in [0.1, 0.15) is 12.4 Å². The normalized spacial score (nSPS) is 22.7. The summed E-state index contributed by atoms with van der Waals surface area (Å²) in [5, 5.41) is 2.56. The fraction of sp³-hybridized carbons (Fsp3) is 0.261. The van der Waals surface area contributed by atoms with E-state index in [2.05, 4.69) is 40.6 Å². The van der Waals surface area contributed by atoms with Crippen molar-refractivity contribution in [3.8, 4) is 0 Å². The number of carbonyl (C=O) groups excluding carboxylic acids is 2. The average molecular weight is 387 g/mol. The summed E-state index contributed by atoms with van der Waals surface area (Å²) in [6.45, 7) is 1.75. The second-order valence-electron chi connectivity index (χ2n) is 7.74. The lowest BCUT2D eigenvalue weighted by atomic mass is 9.98. The van der Waals surface area contributed by atoms with Crippen LogP contribution >= 0.6 is 0 Å². The van der Waals surface area contributed by atoms with Crippen LogP contribution in [-0.2, 0) is 16.1 Å². The minimum Gasteiger partial charge on any atom is -0.444 e. The zero-order valence-electron chi connectivity index (χ0n) is 15.9. The molecule has 2 amide bonds. The molecule has 1 aliphatic carbocycles. The van der Waals surface area contributed by atoms with E-state index in [0.29, 0.717) is 17.7 Å². The Bertz CT molecular complexity index is 1030. The zero-order chi connectivity index (χ0) is 19.8. The average Bonchev–Trinajstić information content (AvgIpc) is 3.32. The van der Waals surface area contributed by atoms with Crippen LogP contribution in [0.15, 0.2) is 54.7 Å². The summed E-state index contributed by atoms with van der Waals surface area (Å²) < 4.78 is 4.95. The molecule has 1 aromatic carbocycles. The van der Waals surface area contributed by atoms with Crippen LogP contribution in [0, 0.1) is 11.8 Å². The fourth-order valence-corrected chi connectivity index (χ4v) is 4.35. The number of amides is 2. The van der Waals surface area contributed by atoms with E-state index in [1.54, 1.807) is 18.3 Å². The Morgan fingerprint density at radius 2 is 2.10 bits per heavy atom. The third-order valence-electron chi connectivity index (χ3n) is 5.83. The number of benzene rings is 1. The van der Waals surface area contributed by atoms with Crippen LogP contribution in [0.5, 0.6) is 0 Å². The molecule has 2 unspecified atom stereocenters. The predicted molar refractivity (Wildman–Crippen MR) is 110 cm³/mol. The quantitative estimate of drug-likeness (QED) is 0.815. The number of allylic oxidation sites excluding steroid dienone is 1. The van der Waals surface area contributed by atoms with Crippen LogP contribution in [0.4, 0.5) is 10.6 Å². The van der Waals surface area contributed by atoms with Gasteiger partial charge in [-0.15, -0.1) is 0 Å². The van der Waals surface area contributed by atoms with Gasteiger partial charge in [-0.1, -0.05) is 36.4 Å². The molecule has 0 saturated carbocycles. The van der Waals surface area contributed by atoms with Crippen molar-refractivity contribution >= 4 is 29.5 Å². The van der Waals surface area contributed by atoms with Crippen molar-refractivity contribution in [3.63, 3.8) is 0 Å². The highest BCUT2D eigenvalue weighted by molar-refractivity contribution is 5.92. The standard InChI is InChI=1S/C23H21N3O3/c27-21(7-6-15-8-20-14-29-23(28)25-22(20)24-11-15)26-12-18-9-17(10-19(18)13-26)16-4-2-1-3-5-16/h1-9,11,18-19H,10,12-14H2,(H,24,25,28). The first-order valence-corrected chi connectivity index (χ1v) is 9.81. The fourth-order valence-electron chi connectivity index (χ4n) is 4.35. The van der Waals surface area contributed by atoms with Crippen molar-refractivity contribution in [2.75, 3.05) is 18.4 Å². The molecule has 1 N–H and O–H groups in total. The van der Waals surface area contributed by atoms with Crippen LogP contribution in [0.3, 0.4) is 0 Å². The predicted octanol–water partition coefficient (Wildman–Crippen LogP) is 3.72. The highest BCUT2D eigenvalue weighted by Gasteiger charge is 2.37. The molecular weight excluding hydrogens is 366 g/mol. The zero-order valence-corrected chi connectivity index (χ0v) is 15.9. The second kappa shape index (κ2) is 7.20. The molecule has 1 saturated heterocycles. The van der Waals surface area contributed by atoms with Crippen LogP contribution in [0.2, 0.25) is 0 Å². The van der Waals surface area contributed by atoms with Crippen molar-refractivity contribution < 1.29 is 14.3 Å². The number of hydrogen-bond donors (Lipinski definition) is 1. The summed E-state index contributed by atoms with van der Waals surface area (Å²) in [4.78, 5) is 30.0. The van der Waals surface area contributed by atoms with E-state index < -0.39 is 6.09 Å². The van der Waals surface area contributed by atoms with Crippen molar-refractivity contribution in [2.24, 2.45) is 11.8 Å². The summed E-state index contributed by atoms with van der Waals surface area (Å²) in [6.07, 6.45) is 7.90. The highest BCUT2D eigenvalue weighted by atomic mass is 16.5. The summed E-state index contributed by atoms with van der Waals surface area (Å²) in [5.41, 5.74) is 4.30. The van der Waals surface area contributed by atoms with E-state index >= 15 is 0 Å². The lowest BCUT2D eigenvalue weighted by Gasteiger charge is -2.16. The summed E-state index contributed by atoms with van der Waals surface area (Å²) >= 11 is 0. The Balaban J connectivity index is 1.23. The maximum absolute atomic E-state index is 12.6. The van der Waals surface area contributed by atoms with Gasteiger partial charge >= 0.3 is 6.09 Å². The van der Waals surface area contributed by atoms with Gasteiger partial charge in [-0.05, 0) is 47.1 Å². The Morgan fingerprint density at radius 1 is 1.24 bits per heavy atom. The minimum atomic E-state index is -0.493. The number of anilines is 1. The maximum Gasteiger partial charge on any atom is 0.413 e. The third kappa shape index (κ3) is 3.53. The first-order valence-electron chi connectivity index (χ1n) is 9.81. The number of nitrogens with zero attached hydrogens (tertiary/aromatic N) is 2. The van der Waals surface area contributed by atoms with E-state index in [-0.39, 0.29) is 12.5 Å². The Kier molecular flexibility index (Phi) is 4.39. The highest BCUT2D eigenvalue weighted by Crippen LogP contribution is 2.40. The SMILES string of the molecule is O=C1Nc2ncc(C=CC(=O)N3CC4C=C(c5ccccc5)CC4C3)cc2CO1. The van der Waals surface area contributed by atoms with Gasteiger partial charge in [0.05, 0.1) is 0 Å². The third-order valence-corrected chi connectivity index (χ3v) is 5.83. The second-order valence-corrected chi connectivity index (χ2v) is 7.74. The molecule has 0 spiro atoms. The van der Waals surface area contributed by atoms with Crippen LogP contribution in [0.1, 0.15) is 23.1 Å². The molecule has 146 valence electrons. The Labute approximate surface area is 168 Å². The molecular formula is C23H21N3O3. The number of nitrogens with one attached hydrogen (secondary N) is 1. The van der Waals surface area contributed by atoms with Gasteiger partial charge in [0, 0.05) is 30.9 Å². The van der Waals surface area contributed by atoms with Crippen molar-refractivity contribution in [1.29, 1.82) is 0 Å². The lowest BCUT2D eigenvalue weighted by molar-refractivity contribution is -0.125. The Morgan fingerprint density at radius 3 is 2.93 bits per heavy atom. The van der Waals surface area contributed by atoms with E-state index in [1.807, 2.05) is 17.0 Å². The van der Waals surface area contributed by atoms with E-state index in [0.717, 1.165) is 30.6 Å². The van der Waals surface area contributed by atoms with E-state index in [9.17, 15) is 9.59 Å². The van der Waals surface area contributed by atoms with E-state index in [4.69, 9.17) is 4.74 Å². The van der Waals surface area contributed by atoms with E-state index in [1.165, 1.54) is 11.1 Å². The lowest BCUT2D eigenvalue weighted by Crippen LogP contribution is -2.27. The molecule has 1 aromatic heterocycles. The molecule has 29 heavy (non-hydrogen) atoms. The molecule has 6 heteroatoms. The molecule has 1 fully saturated rings. The number of rotatable bonds is 3. The minimum absolute atomic E-state index is 0.0244. The monoisotopic (exact) mass is 387 g/mol. The van der Waals surface area contributed by atoms with Gasteiger partial charge in [0.2, 0.25) is 5.91 Å². The number of fused-ring (bicyclic) bond motifs is 2. The first-order chi connectivity index (χ1) is 14.2. The van der Waals surface area contributed by atoms with Crippen LogP contribution in [-0.4, -0.2) is 35.0 Å². The van der Waals surface area contributed by atoms with Crippen LogP contribution in [0.25, 0.3) is 11.6 Å². The first kappa shape index (κ1) is 17.7. The smallest absolute Gasteiger partial charge is 0.413 e. The molecule has 2 aliphatic heterocycles. The van der Waals surface area contributed by atoms with Gasteiger partial charge < -0.3 is 9.64 Å². The largest absolute Gasteiger partial charge is 0.444 e. The van der Waals surface area contributed by atoms with Gasteiger partial charge in [0.25, 0.3) is 0 Å². The number of ether oxygens (including phenoxy) is 1. The topological polar surface area (TPSA) is 71.5 Å². The molecule has 0 radical (unpaired) electrons. The number of likely N-dealkylation sites (tertiary alicyclic amines) is 1. The van der Waals surface area contributed by atoms with Crippen LogP contribution < -0.4 is 5.32 Å². The van der Waals surface area contributed by atoms with Crippen molar-refractivity contribution in [1.82, 2.24) is 9.88 Å². The number of hydrogen-bond acceptors (Lipinski definition) is 4. The number of pyridine rings is 1. The van der Waals surface area contributed by atoms with Gasteiger partial charge in [-0.25, -0.2) is 9.78 Å².